The maximum absolute atomic E-state index is 14.8. The van der Waals surface area contributed by atoms with Crippen molar-refractivity contribution >= 4 is 22.1 Å². The summed E-state index contributed by atoms with van der Waals surface area (Å²) in [6.07, 6.45) is 9.71. The van der Waals surface area contributed by atoms with E-state index in [1.165, 1.54) is 32.0 Å². The Hall–Kier alpha value is -4.50. The van der Waals surface area contributed by atoms with Gasteiger partial charge in [0.1, 0.15) is 16.9 Å². The average Bonchev–Trinajstić information content (AvgIpc) is 3.72. The Bertz CT molecular complexity index is 1830. The molecule has 200 valence electrons. The highest BCUT2D eigenvalue weighted by atomic mass is 19.1. The van der Waals surface area contributed by atoms with E-state index in [-0.39, 0.29) is 5.82 Å². The summed E-state index contributed by atoms with van der Waals surface area (Å²) >= 11 is 0. The van der Waals surface area contributed by atoms with Crippen LogP contribution in [-0.4, -0.2) is 59.7 Å². The van der Waals surface area contributed by atoms with Crippen LogP contribution in [0.4, 0.5) is 4.39 Å². The van der Waals surface area contributed by atoms with E-state index in [4.69, 9.17) is 9.97 Å². The fourth-order valence-corrected chi connectivity index (χ4v) is 5.65. The van der Waals surface area contributed by atoms with Gasteiger partial charge in [-0.15, -0.1) is 0 Å². The third-order valence-corrected chi connectivity index (χ3v) is 7.72. The van der Waals surface area contributed by atoms with Gasteiger partial charge < -0.3 is 9.88 Å². The SMILES string of the molecule is Cc1ccncc1-c1ccc2[nH]nc(-c3nc4c(-c5cc(F)cc(CCCN6CCCC6)c5)nccc4[nH]3)c2n1. The standard InChI is InChI=1S/C31H29FN8/c1-19-8-10-33-18-23(19)24-6-7-26-29(35-24)30(39-38-26)31-36-25-9-11-34-27(28(25)37-31)21-15-20(16-22(32)17-21)5-4-14-40-12-2-3-13-40/h6-11,15-18H,2-5,12-14H2,1H3,(H,36,37)(H,38,39). The van der Waals surface area contributed by atoms with Crippen LogP contribution < -0.4 is 0 Å². The van der Waals surface area contributed by atoms with Crippen LogP contribution in [0.5, 0.6) is 0 Å². The Morgan fingerprint density at radius 2 is 1.80 bits per heavy atom. The Kier molecular flexibility index (Phi) is 6.28. The van der Waals surface area contributed by atoms with Crippen LogP contribution in [0.2, 0.25) is 0 Å². The Morgan fingerprint density at radius 3 is 2.67 bits per heavy atom. The van der Waals surface area contributed by atoms with E-state index >= 15 is 0 Å². The zero-order chi connectivity index (χ0) is 27.1. The van der Waals surface area contributed by atoms with E-state index in [9.17, 15) is 4.39 Å². The van der Waals surface area contributed by atoms with Gasteiger partial charge in [0, 0.05) is 29.7 Å². The minimum absolute atomic E-state index is 0.260. The van der Waals surface area contributed by atoms with Gasteiger partial charge in [-0.1, -0.05) is 0 Å². The maximum atomic E-state index is 14.8. The van der Waals surface area contributed by atoms with Crippen molar-refractivity contribution in [2.45, 2.75) is 32.6 Å². The lowest BCUT2D eigenvalue weighted by Crippen LogP contribution is -2.20. The number of benzene rings is 1. The highest BCUT2D eigenvalue weighted by molar-refractivity contribution is 5.95. The summed E-state index contributed by atoms with van der Waals surface area (Å²) in [4.78, 5) is 24.6. The third kappa shape index (κ3) is 4.62. The predicted octanol–water partition coefficient (Wildman–Crippen LogP) is 6.10. The van der Waals surface area contributed by atoms with Gasteiger partial charge in [-0.25, -0.2) is 14.4 Å². The fourth-order valence-electron chi connectivity index (χ4n) is 5.65. The van der Waals surface area contributed by atoms with Gasteiger partial charge in [0.2, 0.25) is 0 Å². The first-order chi connectivity index (χ1) is 19.6. The number of aromatic nitrogens is 7. The normalized spacial score (nSPS) is 14.1. The third-order valence-electron chi connectivity index (χ3n) is 7.72. The maximum Gasteiger partial charge on any atom is 0.161 e. The number of hydrogen-bond acceptors (Lipinski definition) is 6. The highest BCUT2D eigenvalue weighted by Gasteiger charge is 2.18. The number of imidazole rings is 1. The molecule has 0 radical (unpaired) electrons. The largest absolute Gasteiger partial charge is 0.336 e. The number of pyridine rings is 3. The summed E-state index contributed by atoms with van der Waals surface area (Å²) in [6.45, 7) is 5.44. The molecule has 0 atom stereocenters. The lowest BCUT2D eigenvalue weighted by Gasteiger charge is -2.14. The quantitative estimate of drug-likeness (QED) is 0.258. The van der Waals surface area contributed by atoms with Gasteiger partial charge in [0.05, 0.1) is 22.4 Å². The number of halogens is 1. The zero-order valence-corrected chi connectivity index (χ0v) is 22.3. The fraction of sp³-hybridized carbons (Fsp3) is 0.258. The molecule has 8 nitrogen and oxygen atoms in total. The van der Waals surface area contributed by atoms with Gasteiger partial charge in [-0.05, 0) is 106 Å². The minimum atomic E-state index is -0.260. The molecule has 5 aromatic heterocycles. The van der Waals surface area contributed by atoms with Gasteiger partial charge in [-0.3, -0.25) is 15.1 Å². The molecule has 0 saturated carbocycles. The van der Waals surface area contributed by atoms with Crippen molar-refractivity contribution in [3.8, 4) is 34.0 Å². The number of fused-ring (bicyclic) bond motifs is 2. The molecule has 1 aromatic carbocycles. The molecule has 0 bridgehead atoms. The number of H-pyrrole nitrogens is 2. The summed E-state index contributed by atoms with van der Waals surface area (Å²) in [5.41, 5.74) is 8.81. The summed E-state index contributed by atoms with van der Waals surface area (Å²) in [6, 6.07) is 13.0. The average molecular weight is 533 g/mol. The second-order valence-corrected chi connectivity index (χ2v) is 10.5. The molecule has 6 heterocycles. The smallest absolute Gasteiger partial charge is 0.161 e. The van der Waals surface area contributed by atoms with E-state index in [0.717, 1.165) is 58.4 Å². The number of rotatable bonds is 7. The van der Waals surface area contributed by atoms with E-state index < -0.39 is 0 Å². The lowest BCUT2D eigenvalue weighted by atomic mass is 10.0. The molecule has 7 rings (SSSR count). The molecule has 1 fully saturated rings. The summed E-state index contributed by atoms with van der Waals surface area (Å²) in [5, 5.41) is 7.60. The molecule has 6 aromatic rings. The van der Waals surface area contributed by atoms with Crippen molar-refractivity contribution in [2.75, 3.05) is 19.6 Å². The van der Waals surface area contributed by atoms with Crippen LogP contribution in [0.3, 0.4) is 0 Å². The van der Waals surface area contributed by atoms with Crippen LogP contribution >= 0.6 is 0 Å². The zero-order valence-electron chi connectivity index (χ0n) is 22.3. The van der Waals surface area contributed by atoms with Crippen molar-refractivity contribution in [2.24, 2.45) is 0 Å². The predicted molar refractivity (Wildman–Crippen MR) is 154 cm³/mol. The molecule has 0 spiro atoms. The second-order valence-electron chi connectivity index (χ2n) is 10.5. The van der Waals surface area contributed by atoms with Crippen molar-refractivity contribution < 1.29 is 4.39 Å². The number of hydrogen-bond donors (Lipinski definition) is 2. The Morgan fingerprint density at radius 1 is 0.925 bits per heavy atom. The van der Waals surface area contributed by atoms with Crippen molar-refractivity contribution in [3.05, 3.63) is 78.0 Å². The molecule has 1 saturated heterocycles. The number of likely N-dealkylation sites (tertiary alicyclic amines) is 1. The first-order valence-corrected chi connectivity index (χ1v) is 13.8. The number of nitrogens with one attached hydrogen (secondary N) is 2. The number of nitrogens with zero attached hydrogens (tertiary/aromatic N) is 6. The van der Waals surface area contributed by atoms with E-state index in [1.54, 1.807) is 18.5 Å². The molecule has 0 amide bonds. The monoisotopic (exact) mass is 532 g/mol. The summed E-state index contributed by atoms with van der Waals surface area (Å²) < 4.78 is 14.8. The van der Waals surface area contributed by atoms with Crippen LogP contribution in [-0.2, 0) is 6.42 Å². The second kappa shape index (κ2) is 10.2. The molecule has 1 aliphatic rings. The van der Waals surface area contributed by atoms with Crippen LogP contribution in [0.25, 0.3) is 56.1 Å². The Balaban J connectivity index is 1.24. The van der Waals surface area contributed by atoms with Gasteiger partial charge >= 0.3 is 0 Å². The summed E-state index contributed by atoms with van der Waals surface area (Å²) in [7, 11) is 0. The van der Waals surface area contributed by atoms with Gasteiger partial charge in [0.15, 0.2) is 11.5 Å². The molecule has 0 unspecified atom stereocenters. The van der Waals surface area contributed by atoms with Crippen molar-refractivity contribution in [1.29, 1.82) is 0 Å². The lowest BCUT2D eigenvalue weighted by molar-refractivity contribution is 0.334. The Labute approximate surface area is 230 Å². The molecule has 0 aliphatic carbocycles. The highest BCUT2D eigenvalue weighted by Crippen LogP contribution is 2.32. The molecule has 1 aliphatic heterocycles. The van der Waals surface area contributed by atoms with Crippen LogP contribution in [0.15, 0.2) is 61.1 Å². The number of aryl methyl sites for hydroxylation is 2. The van der Waals surface area contributed by atoms with Gasteiger partial charge in [-0.2, -0.15) is 5.10 Å². The van der Waals surface area contributed by atoms with E-state index in [0.29, 0.717) is 28.2 Å². The van der Waals surface area contributed by atoms with E-state index in [1.807, 2.05) is 43.5 Å². The number of aromatic amines is 2. The van der Waals surface area contributed by atoms with Crippen LogP contribution in [0, 0.1) is 12.7 Å². The topological polar surface area (TPSA) is 99.3 Å². The van der Waals surface area contributed by atoms with Crippen molar-refractivity contribution in [1.82, 2.24) is 40.0 Å². The molecule has 2 N–H and O–H groups in total. The minimum Gasteiger partial charge on any atom is -0.336 e. The summed E-state index contributed by atoms with van der Waals surface area (Å²) in [5.74, 6) is 0.314. The molecule has 9 heteroatoms. The molecular weight excluding hydrogens is 503 g/mol. The first kappa shape index (κ1) is 24.5. The molecule has 40 heavy (non-hydrogen) atoms. The van der Waals surface area contributed by atoms with Crippen molar-refractivity contribution in [3.63, 3.8) is 0 Å². The molecular formula is C31H29FN8. The van der Waals surface area contributed by atoms with Crippen LogP contribution in [0.1, 0.15) is 30.4 Å². The first-order valence-electron chi connectivity index (χ1n) is 13.8. The van der Waals surface area contributed by atoms with Gasteiger partial charge in [0.25, 0.3) is 0 Å². The van der Waals surface area contributed by atoms with E-state index in [2.05, 4.69) is 30.0 Å².